The van der Waals surface area contributed by atoms with Crippen LogP contribution in [0, 0.1) is 0 Å². The van der Waals surface area contributed by atoms with E-state index in [2.05, 4.69) is 10.3 Å². The van der Waals surface area contributed by atoms with Crippen molar-refractivity contribution in [1.82, 2.24) is 10.3 Å². The third-order valence-electron chi connectivity index (χ3n) is 2.17. The summed E-state index contributed by atoms with van der Waals surface area (Å²) in [7, 11) is 0. The maximum absolute atomic E-state index is 11.6. The molecule has 7 heteroatoms. The van der Waals surface area contributed by atoms with E-state index in [1.165, 1.54) is 18.5 Å². The molecule has 1 aromatic heterocycles. The van der Waals surface area contributed by atoms with E-state index >= 15 is 0 Å². The third kappa shape index (κ3) is 4.20. The molecule has 1 rings (SSSR count). The first kappa shape index (κ1) is 13.6. The zero-order chi connectivity index (χ0) is 13.5. The minimum absolute atomic E-state index is 0.170. The van der Waals surface area contributed by atoms with Gasteiger partial charge in [-0.05, 0) is 18.6 Å². The maximum Gasteiger partial charge on any atom is 0.326 e. The lowest BCUT2D eigenvalue weighted by atomic mass is 10.1. The summed E-state index contributed by atoms with van der Waals surface area (Å²) >= 11 is 0. The monoisotopic (exact) mass is 252 g/mol. The standard InChI is InChI=1S/C11H12N2O5/c14-9(15)4-3-8(11(17)18)13-10(16)7-2-1-5-12-6-7/h1-2,5-6,8H,3-4H2,(H,13,16)(H,14,15)(H,17,18). The smallest absolute Gasteiger partial charge is 0.326 e. The Morgan fingerprint density at radius 3 is 2.56 bits per heavy atom. The van der Waals surface area contributed by atoms with Crippen molar-refractivity contribution in [2.24, 2.45) is 0 Å². The zero-order valence-electron chi connectivity index (χ0n) is 9.37. The molecule has 0 aromatic carbocycles. The topological polar surface area (TPSA) is 117 Å². The average Bonchev–Trinajstić information content (AvgIpc) is 2.34. The molecule has 1 amide bonds. The summed E-state index contributed by atoms with van der Waals surface area (Å²) in [5, 5.41) is 19.6. The molecule has 0 radical (unpaired) electrons. The lowest BCUT2D eigenvalue weighted by molar-refractivity contribution is -0.140. The summed E-state index contributed by atoms with van der Waals surface area (Å²) in [6, 6.07) is 1.80. The number of aromatic nitrogens is 1. The molecule has 0 fully saturated rings. The highest BCUT2D eigenvalue weighted by atomic mass is 16.4. The Morgan fingerprint density at radius 1 is 1.33 bits per heavy atom. The number of carboxylic acids is 2. The van der Waals surface area contributed by atoms with E-state index in [0.717, 1.165) is 0 Å². The molecule has 3 N–H and O–H groups in total. The number of nitrogens with zero attached hydrogens (tertiary/aromatic N) is 1. The molecule has 0 saturated heterocycles. The van der Waals surface area contributed by atoms with E-state index < -0.39 is 23.9 Å². The van der Waals surface area contributed by atoms with E-state index in [4.69, 9.17) is 10.2 Å². The van der Waals surface area contributed by atoms with Gasteiger partial charge in [-0.15, -0.1) is 0 Å². The van der Waals surface area contributed by atoms with Crippen molar-refractivity contribution in [3.63, 3.8) is 0 Å². The van der Waals surface area contributed by atoms with Crippen molar-refractivity contribution in [2.75, 3.05) is 0 Å². The van der Waals surface area contributed by atoms with Crippen LogP contribution in [0.5, 0.6) is 0 Å². The highest BCUT2D eigenvalue weighted by Gasteiger charge is 2.21. The van der Waals surface area contributed by atoms with Crippen LogP contribution in [0.25, 0.3) is 0 Å². The van der Waals surface area contributed by atoms with Gasteiger partial charge < -0.3 is 15.5 Å². The molecule has 18 heavy (non-hydrogen) atoms. The van der Waals surface area contributed by atoms with Gasteiger partial charge in [0.15, 0.2) is 0 Å². The predicted molar refractivity (Wildman–Crippen MR) is 60.0 cm³/mol. The second-order valence-corrected chi connectivity index (χ2v) is 3.54. The van der Waals surface area contributed by atoms with Crippen molar-refractivity contribution in [3.05, 3.63) is 30.1 Å². The maximum atomic E-state index is 11.6. The largest absolute Gasteiger partial charge is 0.481 e. The van der Waals surface area contributed by atoms with Gasteiger partial charge in [0.25, 0.3) is 5.91 Å². The Bertz CT molecular complexity index is 446. The van der Waals surface area contributed by atoms with Gasteiger partial charge in [0.05, 0.1) is 5.56 Å². The van der Waals surface area contributed by atoms with E-state index in [-0.39, 0.29) is 18.4 Å². The predicted octanol–water partition coefficient (Wildman–Crippen LogP) is 0.129. The van der Waals surface area contributed by atoms with Crippen LogP contribution in [0.1, 0.15) is 23.2 Å². The summed E-state index contributed by atoms with van der Waals surface area (Å²) in [5.41, 5.74) is 0.221. The summed E-state index contributed by atoms with van der Waals surface area (Å²) in [6.07, 6.45) is 2.28. The minimum Gasteiger partial charge on any atom is -0.481 e. The van der Waals surface area contributed by atoms with Crippen LogP contribution >= 0.6 is 0 Å². The molecule has 1 atom stereocenters. The fraction of sp³-hybridized carbons (Fsp3) is 0.273. The second-order valence-electron chi connectivity index (χ2n) is 3.54. The number of pyridine rings is 1. The lowest BCUT2D eigenvalue weighted by Gasteiger charge is -2.13. The second kappa shape index (κ2) is 6.33. The Hall–Kier alpha value is -2.44. The molecular formula is C11H12N2O5. The molecule has 0 spiro atoms. The number of carboxylic acid groups (broad SMARTS) is 2. The first-order chi connectivity index (χ1) is 8.50. The number of rotatable bonds is 6. The van der Waals surface area contributed by atoms with Gasteiger partial charge in [0.1, 0.15) is 6.04 Å². The van der Waals surface area contributed by atoms with E-state index in [1.807, 2.05) is 0 Å². The average molecular weight is 252 g/mol. The highest BCUT2D eigenvalue weighted by molar-refractivity contribution is 5.96. The Morgan fingerprint density at radius 2 is 2.06 bits per heavy atom. The molecule has 0 bridgehead atoms. The van der Waals surface area contributed by atoms with Gasteiger partial charge >= 0.3 is 11.9 Å². The lowest BCUT2D eigenvalue weighted by Crippen LogP contribution is -2.41. The summed E-state index contributed by atoms with van der Waals surface area (Å²) < 4.78 is 0. The molecule has 1 heterocycles. The van der Waals surface area contributed by atoms with Gasteiger partial charge in [0.2, 0.25) is 0 Å². The fourth-order valence-corrected chi connectivity index (χ4v) is 1.26. The SMILES string of the molecule is O=C(O)CCC(NC(=O)c1cccnc1)C(=O)O. The van der Waals surface area contributed by atoms with Crippen LogP contribution in [0.3, 0.4) is 0 Å². The molecule has 1 unspecified atom stereocenters. The van der Waals surface area contributed by atoms with Gasteiger partial charge in [-0.1, -0.05) is 0 Å². The number of aliphatic carboxylic acids is 2. The quantitative estimate of drug-likeness (QED) is 0.662. The number of amides is 1. The van der Waals surface area contributed by atoms with Crippen molar-refractivity contribution in [2.45, 2.75) is 18.9 Å². The van der Waals surface area contributed by atoms with Crippen LogP contribution in [0.2, 0.25) is 0 Å². The molecule has 96 valence electrons. The summed E-state index contributed by atoms with van der Waals surface area (Å²) in [5.74, 6) is -2.98. The Labute approximate surface area is 102 Å². The number of carbonyl (C=O) groups is 3. The van der Waals surface area contributed by atoms with E-state index in [1.54, 1.807) is 6.07 Å². The molecule has 0 aliphatic heterocycles. The number of carbonyl (C=O) groups excluding carboxylic acids is 1. The van der Waals surface area contributed by atoms with Crippen molar-refractivity contribution >= 4 is 17.8 Å². The highest BCUT2D eigenvalue weighted by Crippen LogP contribution is 2.01. The van der Waals surface area contributed by atoms with Gasteiger partial charge in [-0.3, -0.25) is 14.6 Å². The third-order valence-corrected chi connectivity index (χ3v) is 2.17. The molecular weight excluding hydrogens is 240 g/mol. The first-order valence-corrected chi connectivity index (χ1v) is 5.16. The van der Waals surface area contributed by atoms with Crippen molar-refractivity contribution in [1.29, 1.82) is 0 Å². The van der Waals surface area contributed by atoms with Crippen LogP contribution < -0.4 is 5.32 Å². The number of nitrogens with one attached hydrogen (secondary N) is 1. The number of hydrogen-bond donors (Lipinski definition) is 3. The van der Waals surface area contributed by atoms with Crippen LogP contribution in [0.15, 0.2) is 24.5 Å². The van der Waals surface area contributed by atoms with Crippen LogP contribution in [0.4, 0.5) is 0 Å². The first-order valence-electron chi connectivity index (χ1n) is 5.16. The fourth-order valence-electron chi connectivity index (χ4n) is 1.26. The normalized spacial score (nSPS) is 11.6. The van der Waals surface area contributed by atoms with Gasteiger partial charge in [0, 0.05) is 18.8 Å². The van der Waals surface area contributed by atoms with E-state index in [0.29, 0.717) is 0 Å². The Balaban J connectivity index is 2.64. The zero-order valence-corrected chi connectivity index (χ0v) is 9.37. The van der Waals surface area contributed by atoms with Crippen molar-refractivity contribution < 1.29 is 24.6 Å². The molecule has 7 nitrogen and oxygen atoms in total. The van der Waals surface area contributed by atoms with Gasteiger partial charge in [-0.2, -0.15) is 0 Å². The molecule has 0 aliphatic carbocycles. The summed E-state index contributed by atoms with van der Waals surface area (Å²) in [4.78, 5) is 36.6. The molecule has 0 aliphatic rings. The number of hydrogen-bond acceptors (Lipinski definition) is 4. The van der Waals surface area contributed by atoms with E-state index in [9.17, 15) is 14.4 Å². The van der Waals surface area contributed by atoms with Crippen LogP contribution in [-0.4, -0.2) is 39.1 Å². The molecule has 0 saturated carbocycles. The van der Waals surface area contributed by atoms with Crippen molar-refractivity contribution in [3.8, 4) is 0 Å². The Kier molecular flexibility index (Phi) is 4.79. The molecule has 1 aromatic rings. The summed E-state index contributed by atoms with van der Waals surface area (Å²) in [6.45, 7) is 0. The minimum atomic E-state index is -1.27. The van der Waals surface area contributed by atoms with Crippen LogP contribution in [-0.2, 0) is 9.59 Å². The van der Waals surface area contributed by atoms with Gasteiger partial charge in [-0.25, -0.2) is 4.79 Å².